The second-order valence-electron chi connectivity index (χ2n) is 5.31. The molecule has 1 aliphatic heterocycles. The first kappa shape index (κ1) is 10.2. The maximum absolute atomic E-state index is 9.53. The summed E-state index contributed by atoms with van der Waals surface area (Å²) in [6.45, 7) is 1.24. The van der Waals surface area contributed by atoms with Gasteiger partial charge in [0, 0.05) is 6.04 Å². The van der Waals surface area contributed by atoms with Crippen LogP contribution in [0.1, 0.15) is 24.0 Å². The molecule has 1 N–H and O–H groups in total. The highest BCUT2D eigenvalue weighted by Crippen LogP contribution is 2.35. The number of likely N-dealkylation sites (tertiary alicyclic amines) is 1. The number of likely N-dealkylation sites (N-methyl/N-ethyl adjacent to an activating group) is 1. The van der Waals surface area contributed by atoms with Crippen LogP contribution in [-0.4, -0.2) is 29.6 Å². The van der Waals surface area contributed by atoms with E-state index in [4.69, 9.17) is 0 Å². The molecule has 16 heavy (non-hydrogen) atoms. The largest absolute Gasteiger partial charge is 0.508 e. The van der Waals surface area contributed by atoms with Crippen LogP contribution in [-0.2, 0) is 12.8 Å². The Kier molecular flexibility index (Phi) is 2.40. The van der Waals surface area contributed by atoms with Crippen LogP contribution in [0.5, 0.6) is 5.75 Å². The Labute approximate surface area is 96.9 Å². The summed E-state index contributed by atoms with van der Waals surface area (Å²) in [6, 6.07) is 6.61. The molecule has 0 spiro atoms. The maximum atomic E-state index is 9.53. The number of fused-ring (bicyclic) bond motifs is 2. The number of phenols is 1. The zero-order valence-electron chi connectivity index (χ0n) is 9.82. The molecule has 0 unspecified atom stereocenters. The van der Waals surface area contributed by atoms with E-state index in [1.807, 2.05) is 12.1 Å². The lowest BCUT2D eigenvalue weighted by atomic mass is 9.75. The lowest BCUT2D eigenvalue weighted by Gasteiger charge is -2.42. The molecule has 1 heterocycles. The highest BCUT2D eigenvalue weighted by molar-refractivity contribution is 5.37. The molecule has 0 bridgehead atoms. The third kappa shape index (κ3) is 1.61. The van der Waals surface area contributed by atoms with E-state index < -0.39 is 0 Å². The molecule has 1 aliphatic carbocycles. The maximum Gasteiger partial charge on any atom is 0.115 e. The topological polar surface area (TPSA) is 23.5 Å². The summed E-state index contributed by atoms with van der Waals surface area (Å²) < 4.78 is 0. The van der Waals surface area contributed by atoms with Gasteiger partial charge in [-0.25, -0.2) is 0 Å². The molecule has 0 aromatic heterocycles. The van der Waals surface area contributed by atoms with Gasteiger partial charge < -0.3 is 10.0 Å². The molecule has 1 saturated heterocycles. The van der Waals surface area contributed by atoms with Gasteiger partial charge in [0.15, 0.2) is 0 Å². The molecule has 86 valence electrons. The molecule has 3 rings (SSSR count). The van der Waals surface area contributed by atoms with Crippen LogP contribution in [0.25, 0.3) is 0 Å². The van der Waals surface area contributed by atoms with Crippen molar-refractivity contribution < 1.29 is 5.11 Å². The first-order valence-corrected chi connectivity index (χ1v) is 6.25. The van der Waals surface area contributed by atoms with Gasteiger partial charge in [-0.3, -0.25) is 0 Å². The molecule has 2 aliphatic rings. The second kappa shape index (κ2) is 3.77. The third-order valence-corrected chi connectivity index (χ3v) is 4.30. The number of benzene rings is 1. The summed E-state index contributed by atoms with van der Waals surface area (Å²) in [4.78, 5) is 2.52. The van der Waals surface area contributed by atoms with Crippen molar-refractivity contribution in [2.24, 2.45) is 5.92 Å². The quantitative estimate of drug-likeness (QED) is 0.720. The van der Waals surface area contributed by atoms with E-state index in [0.29, 0.717) is 5.75 Å². The van der Waals surface area contributed by atoms with E-state index in [1.54, 1.807) is 0 Å². The van der Waals surface area contributed by atoms with Gasteiger partial charge in [-0.2, -0.15) is 0 Å². The van der Waals surface area contributed by atoms with E-state index in [1.165, 1.54) is 30.5 Å². The van der Waals surface area contributed by atoms with Crippen LogP contribution in [0.4, 0.5) is 0 Å². The van der Waals surface area contributed by atoms with Crippen molar-refractivity contribution in [3.05, 3.63) is 29.3 Å². The van der Waals surface area contributed by atoms with Gasteiger partial charge >= 0.3 is 0 Å². The van der Waals surface area contributed by atoms with Gasteiger partial charge in [-0.1, -0.05) is 6.07 Å². The number of piperidine rings is 1. The predicted octanol–water partition coefficient (Wildman–Crippen LogP) is 2.20. The Morgan fingerprint density at radius 1 is 1.25 bits per heavy atom. The van der Waals surface area contributed by atoms with Crippen molar-refractivity contribution in [3.63, 3.8) is 0 Å². The van der Waals surface area contributed by atoms with Crippen molar-refractivity contribution >= 4 is 0 Å². The number of phenolic OH excluding ortho intramolecular Hbond substituents is 1. The summed E-state index contributed by atoms with van der Waals surface area (Å²) in [5.41, 5.74) is 2.81. The molecular weight excluding hydrogens is 198 g/mol. The standard InChI is InChI=1S/C14H19NO/c1-15-6-2-3-11-7-12-8-13(16)5-4-10(12)9-14(11)15/h4-5,8,11,14,16H,2-3,6-7,9H2,1H3/t11-,14-/m1/s1. The van der Waals surface area contributed by atoms with Gasteiger partial charge in [0.25, 0.3) is 0 Å². The minimum atomic E-state index is 0.418. The fraction of sp³-hybridized carbons (Fsp3) is 0.571. The molecule has 0 saturated carbocycles. The van der Waals surface area contributed by atoms with Crippen LogP contribution in [0.3, 0.4) is 0 Å². The second-order valence-corrected chi connectivity index (χ2v) is 5.31. The number of nitrogens with zero attached hydrogens (tertiary/aromatic N) is 1. The average molecular weight is 217 g/mol. The lowest BCUT2D eigenvalue weighted by molar-refractivity contribution is 0.112. The van der Waals surface area contributed by atoms with Crippen molar-refractivity contribution in [1.82, 2.24) is 4.90 Å². The molecule has 1 aromatic rings. The Hall–Kier alpha value is -1.02. The summed E-state index contributed by atoms with van der Waals surface area (Å²) in [6.07, 6.45) is 4.99. The fourth-order valence-electron chi connectivity index (χ4n) is 3.39. The first-order chi connectivity index (χ1) is 7.74. The van der Waals surface area contributed by atoms with Crippen molar-refractivity contribution in [2.45, 2.75) is 31.7 Å². The molecule has 1 fully saturated rings. The van der Waals surface area contributed by atoms with Crippen LogP contribution < -0.4 is 0 Å². The lowest BCUT2D eigenvalue weighted by Crippen LogP contribution is -2.47. The van der Waals surface area contributed by atoms with Crippen LogP contribution in [0.15, 0.2) is 18.2 Å². The minimum absolute atomic E-state index is 0.418. The Morgan fingerprint density at radius 3 is 3.00 bits per heavy atom. The monoisotopic (exact) mass is 217 g/mol. The molecule has 0 radical (unpaired) electrons. The summed E-state index contributed by atoms with van der Waals surface area (Å²) in [5, 5.41) is 9.53. The van der Waals surface area contributed by atoms with E-state index in [-0.39, 0.29) is 0 Å². The van der Waals surface area contributed by atoms with Gasteiger partial charge in [-0.05, 0) is 68.5 Å². The van der Waals surface area contributed by atoms with Gasteiger partial charge in [0.1, 0.15) is 5.75 Å². The SMILES string of the molecule is CN1CCC[C@@H]2Cc3cc(O)ccc3C[C@H]21. The average Bonchev–Trinajstić information content (AvgIpc) is 2.27. The predicted molar refractivity (Wildman–Crippen MR) is 64.7 cm³/mol. The highest BCUT2D eigenvalue weighted by Gasteiger charge is 2.33. The number of hydrogen-bond acceptors (Lipinski definition) is 2. The first-order valence-electron chi connectivity index (χ1n) is 6.25. The van der Waals surface area contributed by atoms with Crippen molar-refractivity contribution in [1.29, 1.82) is 0 Å². The van der Waals surface area contributed by atoms with Crippen LogP contribution in [0, 0.1) is 5.92 Å². The third-order valence-electron chi connectivity index (χ3n) is 4.30. The Morgan fingerprint density at radius 2 is 2.12 bits per heavy atom. The minimum Gasteiger partial charge on any atom is -0.508 e. The number of rotatable bonds is 0. The molecule has 2 atom stereocenters. The molecule has 1 aromatic carbocycles. The van der Waals surface area contributed by atoms with Crippen molar-refractivity contribution in [2.75, 3.05) is 13.6 Å². The smallest absolute Gasteiger partial charge is 0.115 e. The van der Waals surface area contributed by atoms with Gasteiger partial charge in [-0.15, -0.1) is 0 Å². The zero-order valence-corrected chi connectivity index (χ0v) is 9.82. The van der Waals surface area contributed by atoms with Crippen LogP contribution >= 0.6 is 0 Å². The van der Waals surface area contributed by atoms with E-state index in [0.717, 1.165) is 24.8 Å². The number of aromatic hydroxyl groups is 1. The fourth-order valence-corrected chi connectivity index (χ4v) is 3.39. The summed E-state index contributed by atoms with van der Waals surface area (Å²) in [7, 11) is 2.25. The van der Waals surface area contributed by atoms with Gasteiger partial charge in [0.05, 0.1) is 0 Å². The summed E-state index contributed by atoms with van der Waals surface area (Å²) in [5.74, 6) is 1.22. The molecular formula is C14H19NO. The van der Waals surface area contributed by atoms with Gasteiger partial charge in [0.2, 0.25) is 0 Å². The van der Waals surface area contributed by atoms with E-state index in [9.17, 15) is 5.11 Å². The zero-order chi connectivity index (χ0) is 11.1. The van der Waals surface area contributed by atoms with E-state index >= 15 is 0 Å². The Balaban J connectivity index is 1.93. The normalized spacial score (nSPS) is 29.6. The Bertz CT molecular complexity index is 402. The number of hydrogen-bond donors (Lipinski definition) is 1. The highest BCUT2D eigenvalue weighted by atomic mass is 16.3. The van der Waals surface area contributed by atoms with Crippen molar-refractivity contribution in [3.8, 4) is 5.75 Å². The molecule has 2 heteroatoms. The molecule has 0 amide bonds. The van der Waals surface area contributed by atoms with Crippen LogP contribution in [0.2, 0.25) is 0 Å². The molecule has 2 nitrogen and oxygen atoms in total. The van der Waals surface area contributed by atoms with E-state index in [2.05, 4.69) is 18.0 Å². The summed E-state index contributed by atoms with van der Waals surface area (Å²) >= 11 is 0.